The van der Waals surface area contributed by atoms with E-state index in [9.17, 15) is 43.2 Å². The zero-order valence-corrected chi connectivity index (χ0v) is 66.6. The molecule has 5 atom stereocenters. The van der Waals surface area contributed by atoms with Crippen LogP contribution < -0.4 is 0 Å². The van der Waals surface area contributed by atoms with Gasteiger partial charge in [-0.2, -0.15) is 0 Å². The van der Waals surface area contributed by atoms with Gasteiger partial charge in [0.25, 0.3) is 0 Å². The third-order valence-corrected chi connectivity index (χ3v) is 19.2. The van der Waals surface area contributed by atoms with Crippen molar-refractivity contribution < 1.29 is 80.2 Å². The summed E-state index contributed by atoms with van der Waals surface area (Å²) >= 11 is 0. The van der Waals surface area contributed by atoms with Crippen molar-refractivity contribution in [2.24, 2.45) is 0 Å². The van der Waals surface area contributed by atoms with Gasteiger partial charge < -0.3 is 33.8 Å². The molecule has 0 saturated heterocycles. The van der Waals surface area contributed by atoms with Crippen molar-refractivity contribution >= 4 is 39.5 Å². The first-order valence-corrected chi connectivity index (χ1v) is 43.8. The highest BCUT2D eigenvalue weighted by atomic mass is 31.2. The lowest BCUT2D eigenvalue weighted by atomic mass is 10.0. The van der Waals surface area contributed by atoms with E-state index in [-0.39, 0.29) is 25.7 Å². The summed E-state index contributed by atoms with van der Waals surface area (Å²) < 4.78 is 68.6. The van der Waals surface area contributed by atoms with E-state index >= 15 is 0 Å². The van der Waals surface area contributed by atoms with Gasteiger partial charge in [-0.3, -0.25) is 37.3 Å². The van der Waals surface area contributed by atoms with E-state index in [2.05, 4.69) is 113 Å². The van der Waals surface area contributed by atoms with Crippen LogP contribution in [0, 0.1) is 0 Å². The van der Waals surface area contributed by atoms with Crippen LogP contribution in [0.1, 0.15) is 362 Å². The molecule has 0 fully saturated rings. The van der Waals surface area contributed by atoms with E-state index in [0.717, 1.165) is 186 Å². The number of carbonyl (C=O) groups excluding carboxylic acids is 4. The third kappa shape index (κ3) is 74.5. The summed E-state index contributed by atoms with van der Waals surface area (Å²) in [7, 11) is -9.95. The molecular formula is C83H148O17P2. The first kappa shape index (κ1) is 98.2. The number of aliphatic hydroxyl groups excluding tert-OH is 1. The molecule has 0 heterocycles. The van der Waals surface area contributed by atoms with Crippen molar-refractivity contribution in [3.63, 3.8) is 0 Å². The number of allylic oxidation sites excluding steroid dienone is 14. The van der Waals surface area contributed by atoms with Crippen molar-refractivity contribution in [2.45, 2.75) is 380 Å². The molecule has 0 aromatic heterocycles. The second-order valence-corrected chi connectivity index (χ2v) is 30.2. The summed E-state index contributed by atoms with van der Waals surface area (Å²) in [5, 5.41) is 10.6. The van der Waals surface area contributed by atoms with E-state index < -0.39 is 97.5 Å². The lowest BCUT2D eigenvalue weighted by molar-refractivity contribution is -0.161. The molecule has 0 aromatic rings. The molecule has 0 bridgehead atoms. The maximum Gasteiger partial charge on any atom is 0.472 e. The minimum absolute atomic E-state index is 0.0818. The minimum atomic E-state index is -4.98. The Morgan fingerprint density at radius 1 is 0.284 bits per heavy atom. The first-order chi connectivity index (χ1) is 49.7. The molecule has 0 amide bonds. The van der Waals surface area contributed by atoms with Crippen LogP contribution >= 0.6 is 15.6 Å². The molecule has 19 heteroatoms. The number of phosphoric acid groups is 2. The Kier molecular flexibility index (Phi) is 72.7. The molecular weight excluding hydrogens is 1330 g/mol. The quantitative estimate of drug-likeness (QED) is 0.0169. The first-order valence-electron chi connectivity index (χ1n) is 40.8. The van der Waals surface area contributed by atoms with Gasteiger partial charge in [0, 0.05) is 25.7 Å². The Labute approximate surface area is 621 Å². The molecule has 0 aliphatic rings. The Hall–Kier alpha value is -3.76. The average molecular weight is 1480 g/mol. The van der Waals surface area contributed by atoms with Crippen LogP contribution in [-0.4, -0.2) is 96.7 Å². The maximum absolute atomic E-state index is 13.1. The highest BCUT2D eigenvalue weighted by molar-refractivity contribution is 7.47. The van der Waals surface area contributed by atoms with Gasteiger partial charge in [-0.25, -0.2) is 9.13 Å². The number of hydrogen-bond acceptors (Lipinski definition) is 15. The van der Waals surface area contributed by atoms with Crippen molar-refractivity contribution in [1.82, 2.24) is 0 Å². The van der Waals surface area contributed by atoms with Gasteiger partial charge in [0.2, 0.25) is 0 Å². The van der Waals surface area contributed by atoms with Gasteiger partial charge in [-0.1, -0.05) is 299 Å². The number of hydrogen-bond donors (Lipinski definition) is 3. The number of phosphoric ester groups is 2. The molecule has 0 saturated carbocycles. The normalized spacial score (nSPS) is 14.3. The Morgan fingerprint density at radius 3 is 0.824 bits per heavy atom. The predicted molar refractivity (Wildman–Crippen MR) is 418 cm³/mol. The molecule has 102 heavy (non-hydrogen) atoms. The monoisotopic (exact) mass is 1480 g/mol. The van der Waals surface area contributed by atoms with Crippen molar-refractivity contribution in [3.8, 4) is 0 Å². The average Bonchev–Trinajstić information content (AvgIpc) is 0.908. The van der Waals surface area contributed by atoms with Crippen LogP contribution in [0.4, 0.5) is 0 Å². The van der Waals surface area contributed by atoms with Gasteiger partial charge in [0.1, 0.15) is 19.3 Å². The largest absolute Gasteiger partial charge is 0.472 e. The molecule has 0 radical (unpaired) electrons. The summed E-state index contributed by atoms with van der Waals surface area (Å²) in [6, 6.07) is 0. The zero-order chi connectivity index (χ0) is 74.6. The van der Waals surface area contributed by atoms with E-state index in [1.54, 1.807) is 0 Å². The number of ether oxygens (including phenoxy) is 4. The van der Waals surface area contributed by atoms with Crippen LogP contribution in [0.2, 0.25) is 0 Å². The summed E-state index contributed by atoms with van der Waals surface area (Å²) in [6.07, 6.45) is 78.3. The number of esters is 4. The van der Waals surface area contributed by atoms with E-state index in [4.69, 9.17) is 37.0 Å². The molecule has 592 valence electrons. The van der Waals surface area contributed by atoms with Gasteiger partial charge in [0.05, 0.1) is 26.4 Å². The van der Waals surface area contributed by atoms with Gasteiger partial charge >= 0.3 is 39.5 Å². The zero-order valence-electron chi connectivity index (χ0n) is 64.8. The van der Waals surface area contributed by atoms with Gasteiger partial charge in [-0.15, -0.1) is 0 Å². The van der Waals surface area contributed by atoms with E-state index in [0.29, 0.717) is 25.7 Å². The minimum Gasteiger partial charge on any atom is -0.462 e. The number of unbranched alkanes of at least 4 members (excludes halogenated alkanes) is 37. The number of carbonyl (C=O) groups is 4. The second-order valence-electron chi connectivity index (χ2n) is 27.3. The highest BCUT2D eigenvalue weighted by Crippen LogP contribution is 2.45. The summed E-state index contributed by atoms with van der Waals surface area (Å²) in [5.74, 6) is -2.18. The van der Waals surface area contributed by atoms with Crippen molar-refractivity contribution in [3.05, 3.63) is 85.1 Å². The molecule has 0 aliphatic carbocycles. The Morgan fingerprint density at radius 2 is 0.510 bits per heavy atom. The molecule has 17 nitrogen and oxygen atoms in total. The lowest BCUT2D eigenvalue weighted by Gasteiger charge is -2.21. The lowest BCUT2D eigenvalue weighted by Crippen LogP contribution is -2.30. The maximum atomic E-state index is 13.1. The van der Waals surface area contributed by atoms with Crippen LogP contribution in [0.3, 0.4) is 0 Å². The van der Waals surface area contributed by atoms with Crippen LogP contribution in [0.15, 0.2) is 85.1 Å². The third-order valence-electron chi connectivity index (χ3n) is 17.3. The number of aliphatic hydroxyl groups is 1. The van der Waals surface area contributed by atoms with Crippen molar-refractivity contribution in [2.75, 3.05) is 39.6 Å². The fourth-order valence-electron chi connectivity index (χ4n) is 11.1. The Bertz CT molecular complexity index is 2260. The fraction of sp³-hybridized carbons (Fsp3) is 0.783. The fourth-order valence-corrected chi connectivity index (χ4v) is 12.7. The van der Waals surface area contributed by atoms with E-state index in [1.165, 1.54) is 96.3 Å². The number of rotatable bonds is 77. The molecule has 0 aliphatic heterocycles. The topological polar surface area (TPSA) is 237 Å². The summed E-state index contributed by atoms with van der Waals surface area (Å²) in [6.45, 7) is 4.75. The highest BCUT2D eigenvalue weighted by Gasteiger charge is 2.30. The second kappa shape index (κ2) is 75.5. The summed E-state index contributed by atoms with van der Waals surface area (Å²) in [4.78, 5) is 73.0. The molecule has 5 unspecified atom stereocenters. The standard InChI is InChI=1S/C83H148O17P2/c1-5-9-13-17-21-25-29-33-35-37-38-40-41-45-48-52-56-60-64-68-81(86)94-74-79(100-83(88)70-66-62-58-54-50-46-42-39-36-34-30-26-22-18-14-10-6-2)76-98-102(91,92)96-72-77(84)71-95-101(89,90)97-75-78(99-82(87)69-65-61-57-53-49-44-32-28-24-20-16-12-8-4)73-93-80(85)67-63-59-55-51-47-43-31-27-23-19-15-11-7-3/h10,14,21-22,25-27,31,33-36,38,40,77-79,84H,5-9,11-13,15-20,23-24,28-30,32,37,39,41-76H2,1-4H3,(H,89,90)(H,91,92)/b14-10-,25-21-,26-22-,31-27-,35-33-,36-34-,40-38-. The van der Waals surface area contributed by atoms with Crippen molar-refractivity contribution in [1.29, 1.82) is 0 Å². The Balaban J connectivity index is 5.35. The van der Waals surface area contributed by atoms with Gasteiger partial charge in [0.15, 0.2) is 12.2 Å². The van der Waals surface area contributed by atoms with Crippen LogP contribution in [0.25, 0.3) is 0 Å². The SMILES string of the molecule is CC/C=C\C/C=C\C/C=C\CCCCCCCCCC(=O)OC(COC(=O)CCCCCCCC/C=C\C/C=C\C/C=C\CCCCC)COP(=O)(O)OCC(O)COP(=O)(O)OCC(COC(=O)CCCCCCC/C=C\CCCCCC)OC(=O)CCCCCCCCCCCCCCC. The predicted octanol–water partition coefficient (Wildman–Crippen LogP) is 23.8. The molecule has 3 N–H and O–H groups in total. The molecule has 0 rings (SSSR count). The van der Waals surface area contributed by atoms with Crippen LogP contribution in [-0.2, 0) is 65.4 Å². The van der Waals surface area contributed by atoms with Crippen LogP contribution in [0.5, 0.6) is 0 Å². The molecule has 0 spiro atoms. The smallest absolute Gasteiger partial charge is 0.462 e. The van der Waals surface area contributed by atoms with Gasteiger partial charge in [-0.05, 0) is 122 Å². The van der Waals surface area contributed by atoms with E-state index in [1.807, 2.05) is 0 Å². The molecule has 0 aromatic carbocycles. The summed E-state index contributed by atoms with van der Waals surface area (Å²) in [5.41, 5.74) is 0.